The zero-order valence-electron chi connectivity index (χ0n) is 27.5. The molecule has 0 saturated heterocycles. The zero-order valence-corrected chi connectivity index (χ0v) is 27.5. The fourth-order valence-electron chi connectivity index (χ4n) is 6.15. The molecule has 0 atom stereocenters. The Morgan fingerprint density at radius 3 is 1.23 bits per heavy atom. The van der Waals surface area contributed by atoms with E-state index in [0.29, 0.717) is 0 Å². The summed E-state index contributed by atoms with van der Waals surface area (Å²) in [5.74, 6) is 1.62. The van der Waals surface area contributed by atoms with E-state index in [1.165, 1.54) is 199 Å². The molecular weight excluding hydrogens is 472 g/mol. The van der Waals surface area contributed by atoms with E-state index in [1.54, 1.807) is 5.82 Å². The van der Waals surface area contributed by atoms with Crippen molar-refractivity contribution < 1.29 is 4.57 Å². The highest BCUT2D eigenvalue weighted by molar-refractivity contribution is 4.84. The second-order valence-corrected chi connectivity index (χ2v) is 12.7. The molecule has 0 aromatic carbocycles. The summed E-state index contributed by atoms with van der Waals surface area (Å²) >= 11 is 0. The molecule has 0 unspecified atom stereocenters. The molecule has 1 aromatic heterocycles. The molecule has 0 bridgehead atoms. The first kappa shape index (κ1) is 36.2. The molecular formula is C37H73N2+. The summed E-state index contributed by atoms with van der Waals surface area (Å²) < 4.78 is 5.25. The lowest BCUT2D eigenvalue weighted by molar-refractivity contribution is -0.704. The van der Waals surface area contributed by atoms with E-state index < -0.39 is 0 Å². The van der Waals surface area contributed by atoms with Gasteiger partial charge in [-0.05, 0) is 32.1 Å². The first-order chi connectivity index (χ1) is 19.3. The van der Waals surface area contributed by atoms with Crippen LogP contribution < -0.4 is 4.57 Å². The third kappa shape index (κ3) is 21.6. The van der Waals surface area contributed by atoms with Gasteiger partial charge in [-0.3, -0.25) is 0 Å². The highest BCUT2D eigenvalue weighted by Gasteiger charge is 2.16. The van der Waals surface area contributed by atoms with E-state index in [1.807, 2.05) is 0 Å². The van der Waals surface area contributed by atoms with Gasteiger partial charge in [0.2, 0.25) is 0 Å². The molecule has 0 radical (unpaired) electrons. The van der Waals surface area contributed by atoms with Gasteiger partial charge < -0.3 is 0 Å². The molecule has 0 aliphatic heterocycles. The highest BCUT2D eigenvalue weighted by atomic mass is 15.1. The van der Waals surface area contributed by atoms with Crippen LogP contribution in [0.25, 0.3) is 0 Å². The topological polar surface area (TPSA) is 8.81 Å². The van der Waals surface area contributed by atoms with Crippen molar-refractivity contribution in [1.29, 1.82) is 0 Å². The number of unbranched alkanes of at least 4 members (excludes halogenated alkanes) is 25. The molecule has 0 amide bonds. The van der Waals surface area contributed by atoms with Crippen LogP contribution >= 0.6 is 0 Å². The molecule has 0 spiro atoms. The Morgan fingerprint density at radius 1 is 0.436 bits per heavy atom. The van der Waals surface area contributed by atoms with E-state index >= 15 is 0 Å². The van der Waals surface area contributed by atoms with Gasteiger partial charge in [0, 0.05) is 6.42 Å². The maximum absolute atomic E-state index is 2.63. The summed E-state index contributed by atoms with van der Waals surface area (Å²) in [6, 6.07) is 0. The molecule has 0 aliphatic carbocycles. The van der Waals surface area contributed by atoms with Crippen molar-refractivity contribution in [3.05, 3.63) is 18.2 Å². The summed E-state index contributed by atoms with van der Waals surface area (Å²) in [7, 11) is 0. The molecule has 2 nitrogen and oxygen atoms in total. The lowest BCUT2D eigenvalue weighted by Gasteiger charge is -2.07. The third-order valence-corrected chi connectivity index (χ3v) is 8.85. The Bertz CT molecular complexity index is 605. The Morgan fingerprint density at radius 2 is 0.795 bits per heavy atom. The molecule has 1 heterocycles. The maximum Gasteiger partial charge on any atom is 0.256 e. The minimum atomic E-state index is 1.23. The van der Waals surface area contributed by atoms with Crippen LogP contribution in [0.2, 0.25) is 0 Å². The number of aromatic nitrogens is 2. The predicted octanol–water partition coefficient (Wildman–Crippen LogP) is 12.3. The molecule has 230 valence electrons. The second-order valence-electron chi connectivity index (χ2n) is 12.7. The number of hydrogen-bond acceptors (Lipinski definition) is 0. The van der Waals surface area contributed by atoms with Gasteiger partial charge in [-0.1, -0.05) is 168 Å². The first-order valence-electron chi connectivity index (χ1n) is 18.4. The molecule has 39 heavy (non-hydrogen) atoms. The van der Waals surface area contributed by atoms with Crippen LogP contribution in [-0.4, -0.2) is 4.57 Å². The summed E-state index contributed by atoms with van der Waals surface area (Å²) in [6.07, 6.45) is 45.9. The van der Waals surface area contributed by atoms with Gasteiger partial charge in [-0.15, -0.1) is 0 Å². The predicted molar refractivity (Wildman–Crippen MR) is 175 cm³/mol. The van der Waals surface area contributed by atoms with E-state index in [4.69, 9.17) is 0 Å². The monoisotopic (exact) mass is 546 g/mol. The molecule has 1 aromatic rings. The third-order valence-electron chi connectivity index (χ3n) is 8.85. The molecule has 0 saturated carbocycles. The quantitative estimate of drug-likeness (QED) is 0.0648. The average Bonchev–Trinajstić information content (AvgIpc) is 3.33. The standard InChI is InChI=1S/C37H73N2/c1-4-7-10-13-16-18-19-20-21-22-25-28-31-34-39-36-35-38(33-30-27-24-15-12-9-6-3)37(39)32-29-26-23-17-14-11-8-5-2/h35-36H,4-34H2,1-3H3/q+1. The minimum absolute atomic E-state index is 1.23. The molecule has 0 N–H and O–H groups in total. The Labute approximate surface area is 247 Å². The molecule has 1 rings (SSSR count). The summed E-state index contributed by atoms with van der Waals surface area (Å²) in [6.45, 7) is 9.39. The Kier molecular flexibility index (Phi) is 26.7. The van der Waals surface area contributed by atoms with Crippen molar-refractivity contribution in [2.45, 2.75) is 220 Å². The smallest absolute Gasteiger partial charge is 0.234 e. The molecule has 2 heteroatoms. The van der Waals surface area contributed by atoms with E-state index in [0.717, 1.165) is 0 Å². The van der Waals surface area contributed by atoms with Crippen LogP contribution in [0, 0.1) is 0 Å². The van der Waals surface area contributed by atoms with Gasteiger partial charge in [-0.2, -0.15) is 0 Å². The fraction of sp³-hybridized carbons (Fsp3) is 0.919. The largest absolute Gasteiger partial charge is 0.256 e. The number of hydrogen-bond donors (Lipinski definition) is 0. The number of aryl methyl sites for hydroxylation is 2. The summed E-state index contributed by atoms with van der Waals surface area (Å²) in [5, 5.41) is 0. The van der Waals surface area contributed by atoms with Crippen molar-refractivity contribution in [1.82, 2.24) is 4.57 Å². The van der Waals surface area contributed by atoms with Gasteiger partial charge in [0.05, 0.1) is 13.1 Å². The Hall–Kier alpha value is -0.790. The van der Waals surface area contributed by atoms with Crippen LogP contribution in [-0.2, 0) is 19.5 Å². The van der Waals surface area contributed by atoms with Crippen LogP contribution in [0.15, 0.2) is 12.4 Å². The van der Waals surface area contributed by atoms with Gasteiger partial charge in [0.15, 0.2) is 0 Å². The highest BCUT2D eigenvalue weighted by Crippen LogP contribution is 2.15. The molecule has 0 fully saturated rings. The van der Waals surface area contributed by atoms with E-state index in [-0.39, 0.29) is 0 Å². The van der Waals surface area contributed by atoms with Crippen molar-refractivity contribution >= 4 is 0 Å². The normalized spacial score (nSPS) is 11.6. The lowest BCUT2D eigenvalue weighted by atomic mass is 10.0. The fourth-order valence-corrected chi connectivity index (χ4v) is 6.15. The number of imidazole rings is 1. The SMILES string of the molecule is CCCCCCCCCCCCCCCn1cc[n+](CCCCCCCCC)c1CCCCCCCCCC. The zero-order chi connectivity index (χ0) is 28.1. The van der Waals surface area contributed by atoms with Crippen molar-refractivity contribution in [2.75, 3.05) is 0 Å². The van der Waals surface area contributed by atoms with E-state index in [2.05, 4.69) is 42.3 Å². The lowest BCUT2D eigenvalue weighted by Crippen LogP contribution is -2.37. The van der Waals surface area contributed by atoms with Crippen LogP contribution in [0.5, 0.6) is 0 Å². The van der Waals surface area contributed by atoms with Gasteiger partial charge in [0.1, 0.15) is 12.4 Å². The number of nitrogens with zero attached hydrogens (tertiary/aromatic N) is 2. The summed E-state index contributed by atoms with van der Waals surface area (Å²) in [5.41, 5.74) is 0. The van der Waals surface area contributed by atoms with Gasteiger partial charge in [0.25, 0.3) is 5.82 Å². The first-order valence-corrected chi connectivity index (χ1v) is 18.4. The van der Waals surface area contributed by atoms with Crippen LogP contribution in [0.3, 0.4) is 0 Å². The average molecular weight is 546 g/mol. The van der Waals surface area contributed by atoms with Crippen molar-refractivity contribution in [2.24, 2.45) is 0 Å². The van der Waals surface area contributed by atoms with Crippen LogP contribution in [0.4, 0.5) is 0 Å². The van der Waals surface area contributed by atoms with Gasteiger partial charge >= 0.3 is 0 Å². The van der Waals surface area contributed by atoms with E-state index in [9.17, 15) is 0 Å². The Balaban J connectivity index is 2.28. The van der Waals surface area contributed by atoms with Gasteiger partial charge in [-0.25, -0.2) is 9.13 Å². The molecule has 0 aliphatic rings. The minimum Gasteiger partial charge on any atom is -0.234 e. The van der Waals surface area contributed by atoms with Crippen molar-refractivity contribution in [3.63, 3.8) is 0 Å². The number of rotatable bonds is 31. The second kappa shape index (κ2) is 28.7. The van der Waals surface area contributed by atoms with Crippen molar-refractivity contribution in [3.8, 4) is 0 Å². The maximum atomic E-state index is 2.63. The van der Waals surface area contributed by atoms with Crippen LogP contribution in [0.1, 0.15) is 206 Å². The summed E-state index contributed by atoms with van der Waals surface area (Å²) in [4.78, 5) is 0.